The first-order chi connectivity index (χ1) is 16.3. The fraction of sp³-hybridized carbons (Fsp3) is 0.808. The van der Waals surface area contributed by atoms with E-state index in [1.165, 1.54) is 6.92 Å². The smallest absolute Gasteiger partial charge is 0.303 e. The number of Topliss-reactive ketones (excluding diaryl/α,β-unsaturated/α-hetero) is 2. The van der Waals surface area contributed by atoms with Crippen molar-refractivity contribution in [3.05, 3.63) is 11.1 Å². The zero-order valence-corrected chi connectivity index (χ0v) is 22.8. The lowest BCUT2D eigenvalue weighted by Gasteiger charge is -2.65. The molecule has 0 aromatic heterocycles. The van der Waals surface area contributed by atoms with Crippen molar-refractivity contribution in [2.75, 3.05) is 6.61 Å². The highest BCUT2D eigenvalue weighted by molar-refractivity contribution is 6.73. The van der Waals surface area contributed by atoms with Gasteiger partial charge in [0.2, 0.25) is 11.6 Å². The normalized spacial score (nSPS) is 41.4. The van der Waals surface area contributed by atoms with Gasteiger partial charge < -0.3 is 24.1 Å². The van der Waals surface area contributed by atoms with Crippen LogP contribution in [0, 0.1) is 11.3 Å². The molecular formula is C26H40O8Si. The standard InChI is InChI=1S/C26H40O8Si/c1-7-35(8-2,9-3)34-18-12-19-26(14-32-19,33-16(5)27)21-23(30)25(31)11-10-15(4)17(13-25)20(28)22(29)24(18,21)6/h18-19,21,23,30-31H,7-14H2,1-6H3/t18?,19-,21+,23+,24?,25?,26+/m1/s1. The average molecular weight is 509 g/mol. The highest BCUT2D eigenvalue weighted by atomic mass is 28.4. The largest absolute Gasteiger partial charge is 0.454 e. The number of carbonyl (C=O) groups excluding carboxylic acids is 3. The molecule has 3 unspecified atom stereocenters. The van der Waals surface area contributed by atoms with Gasteiger partial charge in [-0.15, -0.1) is 0 Å². The minimum Gasteiger partial charge on any atom is -0.454 e. The summed E-state index contributed by atoms with van der Waals surface area (Å²) < 4.78 is 18.6. The molecule has 8 nitrogen and oxygen atoms in total. The molecule has 1 aliphatic heterocycles. The third kappa shape index (κ3) is 3.72. The van der Waals surface area contributed by atoms with Crippen LogP contribution in [0.1, 0.15) is 67.2 Å². The van der Waals surface area contributed by atoms with Crippen LogP contribution in [0.5, 0.6) is 0 Å². The number of hydrogen-bond acceptors (Lipinski definition) is 8. The van der Waals surface area contributed by atoms with E-state index in [0.29, 0.717) is 12.0 Å². The Morgan fingerprint density at radius 3 is 2.34 bits per heavy atom. The second-order valence-corrected chi connectivity index (χ2v) is 16.1. The Morgan fingerprint density at radius 2 is 1.83 bits per heavy atom. The monoisotopic (exact) mass is 508 g/mol. The SMILES string of the molecule is CC[Si](CC)(CC)OC1C[C@H]2OC[C@@]2(OC(C)=O)[C@H]2[C@H](O)C3(O)CCC(C)=C(C3)C(=O)C(=O)C12C. The molecule has 0 amide bonds. The minimum atomic E-state index is -2.26. The first-order valence-corrected chi connectivity index (χ1v) is 15.5. The second kappa shape index (κ2) is 8.87. The molecule has 9 heteroatoms. The Morgan fingerprint density at radius 1 is 1.20 bits per heavy atom. The van der Waals surface area contributed by atoms with Gasteiger partial charge in [-0.1, -0.05) is 26.3 Å². The van der Waals surface area contributed by atoms with Crippen molar-refractivity contribution in [1.29, 1.82) is 0 Å². The van der Waals surface area contributed by atoms with E-state index in [2.05, 4.69) is 20.8 Å². The zero-order valence-electron chi connectivity index (χ0n) is 21.8. The number of hydrogen-bond donors (Lipinski definition) is 2. The van der Waals surface area contributed by atoms with Gasteiger partial charge in [-0.2, -0.15) is 0 Å². The van der Waals surface area contributed by atoms with Gasteiger partial charge in [-0.05, 0) is 44.8 Å². The molecular weight excluding hydrogens is 468 g/mol. The van der Waals surface area contributed by atoms with Gasteiger partial charge in [-0.25, -0.2) is 0 Å². The molecule has 1 heterocycles. The maximum absolute atomic E-state index is 14.2. The summed E-state index contributed by atoms with van der Waals surface area (Å²) in [4.78, 5) is 40.2. The van der Waals surface area contributed by atoms with Crippen molar-refractivity contribution in [2.24, 2.45) is 11.3 Å². The molecule has 0 spiro atoms. The predicted octanol–water partition coefficient (Wildman–Crippen LogP) is 2.85. The summed E-state index contributed by atoms with van der Waals surface area (Å²) in [5, 5.41) is 23.6. The van der Waals surface area contributed by atoms with E-state index in [9.17, 15) is 24.6 Å². The van der Waals surface area contributed by atoms with Crippen LogP contribution < -0.4 is 0 Å². The molecule has 196 valence electrons. The Labute approximate surface area is 208 Å². The van der Waals surface area contributed by atoms with Crippen molar-refractivity contribution in [3.8, 4) is 0 Å². The molecule has 0 radical (unpaired) electrons. The number of esters is 1. The second-order valence-electron chi connectivity index (χ2n) is 11.3. The van der Waals surface area contributed by atoms with Crippen LogP contribution in [0.2, 0.25) is 18.1 Å². The van der Waals surface area contributed by atoms with Crippen LogP contribution >= 0.6 is 0 Å². The summed E-state index contributed by atoms with van der Waals surface area (Å²) in [6, 6.07) is 2.53. The van der Waals surface area contributed by atoms with Crippen LogP contribution in [0.15, 0.2) is 11.1 Å². The van der Waals surface area contributed by atoms with Crippen molar-refractivity contribution in [1.82, 2.24) is 0 Å². The van der Waals surface area contributed by atoms with Crippen LogP contribution in [0.25, 0.3) is 0 Å². The number of allylic oxidation sites excluding steroid dienone is 1. The average Bonchev–Trinajstić information content (AvgIpc) is 2.82. The van der Waals surface area contributed by atoms with E-state index in [1.807, 2.05) is 6.92 Å². The van der Waals surface area contributed by atoms with Crippen molar-refractivity contribution < 1.29 is 38.5 Å². The molecule has 0 aromatic rings. The number of carbonyl (C=O) groups is 3. The molecule has 2 bridgehead atoms. The van der Waals surface area contributed by atoms with E-state index < -0.39 is 66.7 Å². The lowest BCUT2D eigenvalue weighted by molar-refractivity contribution is -0.338. The molecule has 2 saturated carbocycles. The van der Waals surface area contributed by atoms with E-state index >= 15 is 0 Å². The summed E-state index contributed by atoms with van der Waals surface area (Å²) in [5.41, 5.74) is -3.37. The highest BCUT2D eigenvalue weighted by Crippen LogP contribution is 2.60. The maximum Gasteiger partial charge on any atom is 0.303 e. The molecule has 35 heavy (non-hydrogen) atoms. The number of aliphatic hydroxyl groups excluding tert-OH is 1. The van der Waals surface area contributed by atoms with Crippen molar-refractivity contribution in [2.45, 2.75) is 115 Å². The van der Waals surface area contributed by atoms with Gasteiger partial charge in [0.25, 0.3) is 0 Å². The number of rotatable bonds is 6. The Bertz CT molecular complexity index is 949. The van der Waals surface area contributed by atoms with E-state index in [1.54, 1.807) is 6.92 Å². The van der Waals surface area contributed by atoms with Gasteiger partial charge in [0.1, 0.15) is 6.10 Å². The molecule has 1 saturated heterocycles. The van der Waals surface area contributed by atoms with Gasteiger partial charge in [0.15, 0.2) is 13.9 Å². The summed E-state index contributed by atoms with van der Waals surface area (Å²) in [5.74, 6) is -2.86. The zero-order chi connectivity index (χ0) is 26.0. The van der Waals surface area contributed by atoms with Gasteiger partial charge in [-0.3, -0.25) is 14.4 Å². The van der Waals surface area contributed by atoms with Crippen molar-refractivity contribution in [3.63, 3.8) is 0 Å². The lowest BCUT2D eigenvalue weighted by atomic mass is 9.48. The number of aliphatic hydroxyl groups is 2. The fourth-order valence-corrected chi connectivity index (χ4v) is 10.1. The molecule has 3 fully saturated rings. The van der Waals surface area contributed by atoms with E-state index in [-0.39, 0.29) is 25.9 Å². The molecule has 4 aliphatic rings. The summed E-state index contributed by atoms with van der Waals surface area (Å²) in [6.07, 6.45) is -1.87. The number of fused-ring (bicyclic) bond motifs is 5. The number of ketones is 2. The Hall–Kier alpha value is -1.39. The minimum absolute atomic E-state index is 0.00153. The third-order valence-corrected chi connectivity index (χ3v) is 14.4. The first kappa shape index (κ1) is 26.7. The van der Waals surface area contributed by atoms with Crippen LogP contribution in [-0.2, 0) is 28.3 Å². The molecule has 2 N–H and O–H groups in total. The van der Waals surface area contributed by atoms with Crippen molar-refractivity contribution >= 4 is 25.9 Å². The fourth-order valence-electron chi connectivity index (χ4n) is 7.17. The van der Waals surface area contributed by atoms with Crippen LogP contribution in [0.4, 0.5) is 0 Å². The molecule has 7 atom stereocenters. The number of ether oxygens (including phenoxy) is 2. The summed E-state index contributed by atoms with van der Waals surface area (Å²) in [7, 11) is -2.26. The summed E-state index contributed by atoms with van der Waals surface area (Å²) in [6.45, 7) is 11.0. The predicted molar refractivity (Wildman–Crippen MR) is 130 cm³/mol. The topological polar surface area (TPSA) is 119 Å². The first-order valence-electron chi connectivity index (χ1n) is 13.0. The molecule has 4 rings (SSSR count). The third-order valence-electron chi connectivity index (χ3n) is 9.75. The molecule has 3 aliphatic carbocycles. The maximum atomic E-state index is 14.2. The van der Waals surface area contributed by atoms with Gasteiger partial charge in [0.05, 0.1) is 29.8 Å². The van der Waals surface area contributed by atoms with E-state index in [0.717, 1.165) is 23.7 Å². The lowest BCUT2D eigenvalue weighted by Crippen LogP contribution is -2.80. The van der Waals surface area contributed by atoms with Crippen LogP contribution in [-0.4, -0.2) is 72.2 Å². The van der Waals surface area contributed by atoms with Crippen LogP contribution in [0.3, 0.4) is 0 Å². The Balaban J connectivity index is 1.94. The quantitative estimate of drug-likeness (QED) is 0.319. The molecule has 0 aromatic carbocycles. The van der Waals surface area contributed by atoms with Gasteiger partial charge >= 0.3 is 5.97 Å². The van der Waals surface area contributed by atoms with Gasteiger partial charge in [0, 0.05) is 31.3 Å². The highest BCUT2D eigenvalue weighted by Gasteiger charge is 2.75. The van der Waals surface area contributed by atoms with E-state index in [4.69, 9.17) is 13.9 Å². The summed E-state index contributed by atoms with van der Waals surface area (Å²) >= 11 is 0. The Kier molecular flexibility index (Phi) is 6.76.